The Labute approximate surface area is 198 Å². The van der Waals surface area contributed by atoms with E-state index in [9.17, 15) is 12.8 Å². The minimum absolute atomic E-state index is 0. The zero-order valence-electron chi connectivity index (χ0n) is 17.4. The van der Waals surface area contributed by atoms with Gasteiger partial charge in [-0.15, -0.1) is 24.0 Å². The van der Waals surface area contributed by atoms with Gasteiger partial charge in [0.05, 0.1) is 11.8 Å². The molecule has 1 unspecified atom stereocenters. The van der Waals surface area contributed by atoms with Crippen LogP contribution in [0.15, 0.2) is 46.1 Å². The maximum absolute atomic E-state index is 13.1. The summed E-state index contributed by atoms with van der Waals surface area (Å²) in [6.07, 6.45) is 1.09. The van der Waals surface area contributed by atoms with Gasteiger partial charge in [-0.2, -0.15) is 4.31 Å². The van der Waals surface area contributed by atoms with Gasteiger partial charge in [0, 0.05) is 52.9 Å². The lowest BCUT2D eigenvalue weighted by Crippen LogP contribution is -2.54. The quantitative estimate of drug-likeness (QED) is 0.310. The third-order valence-corrected chi connectivity index (χ3v) is 6.75. The van der Waals surface area contributed by atoms with Crippen LogP contribution in [0.25, 0.3) is 0 Å². The van der Waals surface area contributed by atoms with E-state index in [2.05, 4.69) is 15.5 Å². The average molecular weight is 567 g/mol. The van der Waals surface area contributed by atoms with Gasteiger partial charge in [-0.3, -0.25) is 4.99 Å². The van der Waals surface area contributed by atoms with Gasteiger partial charge in [0.1, 0.15) is 17.8 Å². The Morgan fingerprint density at radius 3 is 2.48 bits per heavy atom. The average Bonchev–Trinajstić information content (AvgIpc) is 3.25. The van der Waals surface area contributed by atoms with Crippen molar-refractivity contribution in [2.45, 2.75) is 11.9 Å². The molecule has 1 aromatic carbocycles. The van der Waals surface area contributed by atoms with Crippen LogP contribution in [-0.4, -0.2) is 75.6 Å². The molecule has 0 spiro atoms. The number of ether oxygens (including phenoxy) is 1. The molecular weight excluding hydrogens is 540 g/mol. The van der Waals surface area contributed by atoms with Crippen molar-refractivity contribution < 1.29 is 22.1 Å². The van der Waals surface area contributed by atoms with Crippen molar-refractivity contribution in [3.8, 4) is 0 Å². The van der Waals surface area contributed by atoms with Gasteiger partial charge in [0.15, 0.2) is 5.96 Å². The largest absolute Gasteiger partial charge is 0.375 e. The van der Waals surface area contributed by atoms with Gasteiger partial charge < -0.3 is 19.5 Å². The Morgan fingerprint density at radius 2 is 1.94 bits per heavy atom. The Morgan fingerprint density at radius 1 is 1.26 bits per heavy atom. The molecule has 9 nitrogen and oxygen atoms in total. The van der Waals surface area contributed by atoms with Crippen LogP contribution in [0.1, 0.15) is 17.4 Å². The summed E-state index contributed by atoms with van der Waals surface area (Å²) in [5.41, 5.74) is 1.24. The standard InChI is InChI=1S/C19H26FN5O4S.HI/c1-21-19(22-13-18(28-2)15-3-5-16(20)6-4-15)24-8-10-25(11-9-24)30(26,27)14-17-7-12-29-23-17;/h3-7,12,18H,8-11,13-14H2,1-2H3,(H,21,22);1H. The molecular formula is C19H27FIN5O4S. The second-order valence-electron chi connectivity index (χ2n) is 6.84. The summed E-state index contributed by atoms with van der Waals surface area (Å²) in [6, 6.07) is 7.72. The molecule has 1 atom stereocenters. The van der Waals surface area contributed by atoms with Gasteiger partial charge in [-0.05, 0) is 17.7 Å². The van der Waals surface area contributed by atoms with Crippen LogP contribution in [0.5, 0.6) is 0 Å². The first-order valence-corrected chi connectivity index (χ1v) is 11.1. The lowest BCUT2D eigenvalue weighted by atomic mass is 10.1. The van der Waals surface area contributed by atoms with E-state index in [0.717, 1.165) is 5.56 Å². The van der Waals surface area contributed by atoms with Crippen molar-refractivity contribution in [3.05, 3.63) is 53.7 Å². The van der Waals surface area contributed by atoms with Crippen LogP contribution in [0.3, 0.4) is 0 Å². The molecule has 1 N–H and O–H groups in total. The van der Waals surface area contributed by atoms with E-state index in [1.807, 2.05) is 4.90 Å². The first kappa shape index (κ1) is 25.5. The Balaban J connectivity index is 0.00000341. The fourth-order valence-corrected chi connectivity index (χ4v) is 4.72. The number of aromatic nitrogens is 1. The van der Waals surface area contributed by atoms with E-state index in [1.54, 1.807) is 32.4 Å². The highest BCUT2D eigenvalue weighted by atomic mass is 127. The number of nitrogens with one attached hydrogen (secondary N) is 1. The van der Waals surface area contributed by atoms with Crippen molar-refractivity contribution in [3.63, 3.8) is 0 Å². The third-order valence-electron chi connectivity index (χ3n) is 4.94. The van der Waals surface area contributed by atoms with E-state index >= 15 is 0 Å². The second-order valence-corrected chi connectivity index (χ2v) is 8.81. The van der Waals surface area contributed by atoms with Crippen LogP contribution < -0.4 is 5.32 Å². The maximum Gasteiger partial charge on any atom is 0.220 e. The third kappa shape index (κ3) is 6.85. The lowest BCUT2D eigenvalue weighted by Gasteiger charge is -2.36. The predicted molar refractivity (Wildman–Crippen MR) is 125 cm³/mol. The summed E-state index contributed by atoms with van der Waals surface area (Å²) >= 11 is 0. The van der Waals surface area contributed by atoms with Gasteiger partial charge in [0.2, 0.25) is 10.0 Å². The molecule has 2 heterocycles. The van der Waals surface area contributed by atoms with Crippen molar-refractivity contribution in [1.29, 1.82) is 0 Å². The van der Waals surface area contributed by atoms with Gasteiger partial charge >= 0.3 is 0 Å². The molecule has 1 fully saturated rings. The predicted octanol–water partition coefficient (Wildman–Crippen LogP) is 1.84. The number of benzene rings is 1. The maximum atomic E-state index is 13.1. The molecule has 0 bridgehead atoms. The number of nitrogens with zero attached hydrogens (tertiary/aromatic N) is 4. The zero-order chi connectivity index (χ0) is 21.6. The highest BCUT2D eigenvalue weighted by Crippen LogP contribution is 2.17. The second kappa shape index (κ2) is 11.7. The molecule has 1 aliphatic rings. The van der Waals surface area contributed by atoms with Crippen molar-refractivity contribution in [2.75, 3.05) is 46.9 Å². The number of aliphatic imine (C=N–C) groups is 1. The number of sulfonamides is 1. The Bertz CT molecular complexity index is 933. The first-order valence-electron chi connectivity index (χ1n) is 9.54. The smallest absolute Gasteiger partial charge is 0.220 e. The number of guanidine groups is 1. The zero-order valence-corrected chi connectivity index (χ0v) is 20.5. The molecule has 172 valence electrons. The number of methoxy groups -OCH3 is 1. The number of hydrogen-bond acceptors (Lipinski definition) is 6. The summed E-state index contributed by atoms with van der Waals surface area (Å²) in [5, 5.41) is 6.94. The van der Waals surface area contributed by atoms with E-state index in [4.69, 9.17) is 9.26 Å². The van der Waals surface area contributed by atoms with E-state index in [-0.39, 0.29) is 41.7 Å². The number of hydrogen-bond donors (Lipinski definition) is 1. The number of piperazine rings is 1. The summed E-state index contributed by atoms with van der Waals surface area (Å²) in [7, 11) is -0.188. The topological polar surface area (TPSA) is 100 Å². The van der Waals surface area contributed by atoms with Crippen LogP contribution in [0.2, 0.25) is 0 Å². The molecule has 2 aromatic rings. The highest BCUT2D eigenvalue weighted by molar-refractivity contribution is 14.0. The molecule has 12 heteroatoms. The van der Waals surface area contributed by atoms with Crippen LogP contribution in [0.4, 0.5) is 4.39 Å². The van der Waals surface area contributed by atoms with Crippen molar-refractivity contribution in [1.82, 2.24) is 19.7 Å². The Kier molecular flexibility index (Phi) is 9.65. The molecule has 0 saturated carbocycles. The summed E-state index contributed by atoms with van der Waals surface area (Å²) in [4.78, 5) is 6.30. The minimum Gasteiger partial charge on any atom is -0.375 e. The molecule has 1 aliphatic heterocycles. The summed E-state index contributed by atoms with van der Waals surface area (Å²) < 4.78 is 50.0. The molecule has 0 aliphatic carbocycles. The first-order chi connectivity index (χ1) is 14.4. The molecule has 0 radical (unpaired) electrons. The Hall–Kier alpha value is -1.77. The van der Waals surface area contributed by atoms with Crippen LogP contribution in [-0.2, 0) is 20.5 Å². The molecule has 1 saturated heterocycles. The molecule has 31 heavy (non-hydrogen) atoms. The molecule has 0 amide bonds. The van der Waals surface area contributed by atoms with E-state index in [0.29, 0.717) is 44.4 Å². The minimum atomic E-state index is -3.46. The number of halogens is 2. The fraction of sp³-hybridized carbons (Fsp3) is 0.474. The molecule has 3 rings (SSSR count). The van der Waals surface area contributed by atoms with E-state index < -0.39 is 10.0 Å². The van der Waals surface area contributed by atoms with Crippen LogP contribution in [0, 0.1) is 5.82 Å². The van der Waals surface area contributed by atoms with Gasteiger partial charge in [-0.25, -0.2) is 12.8 Å². The monoisotopic (exact) mass is 567 g/mol. The van der Waals surface area contributed by atoms with Crippen molar-refractivity contribution >= 4 is 40.0 Å². The fourth-order valence-electron chi connectivity index (χ4n) is 3.30. The molecule has 1 aromatic heterocycles. The van der Waals surface area contributed by atoms with E-state index in [1.165, 1.54) is 22.7 Å². The van der Waals surface area contributed by atoms with Gasteiger partial charge in [0.25, 0.3) is 0 Å². The van der Waals surface area contributed by atoms with Crippen LogP contribution >= 0.6 is 24.0 Å². The van der Waals surface area contributed by atoms with Crippen molar-refractivity contribution in [2.24, 2.45) is 4.99 Å². The highest BCUT2D eigenvalue weighted by Gasteiger charge is 2.29. The SMILES string of the molecule is CN=C(NCC(OC)c1ccc(F)cc1)N1CCN(S(=O)(=O)Cc2ccon2)CC1.I. The summed E-state index contributed by atoms with van der Waals surface area (Å²) in [6.45, 7) is 2.16. The number of rotatable bonds is 7. The summed E-state index contributed by atoms with van der Waals surface area (Å²) in [5.74, 6) is 0.186. The van der Waals surface area contributed by atoms with Gasteiger partial charge in [-0.1, -0.05) is 17.3 Å². The normalized spacial score (nSPS) is 16.6. The lowest BCUT2D eigenvalue weighted by molar-refractivity contribution is 0.105.